The Bertz CT molecular complexity index is 1570. The molecule has 5 rings (SSSR count). The third-order valence-corrected chi connectivity index (χ3v) is 9.12. The molecule has 0 bridgehead atoms. The predicted octanol–water partition coefficient (Wildman–Crippen LogP) is 6.50. The number of carbonyl (C=O) groups is 2. The molecule has 3 aromatic carbocycles. The third kappa shape index (κ3) is 7.13. The number of benzene rings is 3. The number of carbonyl (C=O) groups excluding carboxylic acids is 2. The van der Waals surface area contributed by atoms with Crippen molar-refractivity contribution in [2.45, 2.75) is 18.4 Å². The summed E-state index contributed by atoms with van der Waals surface area (Å²) in [5.74, 6) is 0.740. The summed E-state index contributed by atoms with van der Waals surface area (Å²) in [4.78, 5) is 36.7. The zero-order chi connectivity index (χ0) is 30.3. The molecular weight excluding hydrogens is 606 g/mol. The molecule has 0 atom stereocenters. The summed E-state index contributed by atoms with van der Waals surface area (Å²) in [5, 5.41) is 7.55. The lowest BCUT2D eigenvalue weighted by atomic mass is 10.2. The Balaban J connectivity index is 1.53. The van der Waals surface area contributed by atoms with Crippen LogP contribution in [-0.2, 0) is 20.9 Å². The summed E-state index contributed by atoms with van der Waals surface area (Å²) < 4.78 is 10.7. The van der Waals surface area contributed by atoms with Gasteiger partial charge in [0, 0.05) is 37.4 Å². The lowest BCUT2D eigenvalue weighted by Crippen LogP contribution is -2.29. The van der Waals surface area contributed by atoms with Crippen molar-refractivity contribution in [1.29, 1.82) is 0 Å². The fourth-order valence-corrected chi connectivity index (χ4v) is 6.96. The van der Waals surface area contributed by atoms with E-state index in [0.717, 1.165) is 32.6 Å². The minimum Gasteiger partial charge on any atom is -0.492 e. The maximum atomic E-state index is 14.1. The largest absolute Gasteiger partial charge is 0.492 e. The highest BCUT2D eigenvalue weighted by atomic mass is 35.5. The van der Waals surface area contributed by atoms with Gasteiger partial charge in [0.2, 0.25) is 5.91 Å². The first-order chi connectivity index (χ1) is 20.9. The number of thioether (sulfide) groups is 2. The van der Waals surface area contributed by atoms with Crippen molar-refractivity contribution in [2.75, 3.05) is 55.3 Å². The van der Waals surface area contributed by atoms with E-state index in [1.807, 2.05) is 79.5 Å². The average Bonchev–Trinajstić information content (AvgIpc) is 3.49. The molecule has 0 unspecified atom stereocenters. The Labute approximate surface area is 264 Å². The monoisotopic (exact) mass is 637 g/mol. The molecule has 3 aromatic rings. The van der Waals surface area contributed by atoms with Crippen LogP contribution in [0.15, 0.2) is 86.6 Å². The highest BCUT2D eigenvalue weighted by Crippen LogP contribution is 2.51. The normalized spacial score (nSPS) is 17.0. The summed E-state index contributed by atoms with van der Waals surface area (Å²) in [6, 6.07) is 21.2. The molecule has 0 saturated carbocycles. The van der Waals surface area contributed by atoms with E-state index in [4.69, 9.17) is 26.1 Å². The lowest BCUT2D eigenvalue weighted by Gasteiger charge is -2.17. The molecule has 43 heavy (non-hydrogen) atoms. The van der Waals surface area contributed by atoms with Crippen LogP contribution in [0.3, 0.4) is 0 Å². The van der Waals surface area contributed by atoms with Crippen molar-refractivity contribution < 1.29 is 19.1 Å². The van der Waals surface area contributed by atoms with Crippen molar-refractivity contribution in [1.82, 2.24) is 4.90 Å². The predicted molar refractivity (Wildman–Crippen MR) is 177 cm³/mol. The molecule has 1 saturated heterocycles. The number of amidine groups is 1. The molecular formula is C31H32ClN5O4S2. The molecule has 0 aliphatic carbocycles. The first kappa shape index (κ1) is 30.8. The number of halogens is 1. The van der Waals surface area contributed by atoms with Gasteiger partial charge in [-0.15, -0.1) is 11.6 Å². The van der Waals surface area contributed by atoms with Gasteiger partial charge in [0.15, 0.2) is 5.17 Å². The number of methoxy groups -OCH3 is 1. The van der Waals surface area contributed by atoms with E-state index in [0.29, 0.717) is 47.0 Å². The first-order valence-corrected chi connectivity index (χ1v) is 15.9. The van der Waals surface area contributed by atoms with Gasteiger partial charge >= 0.3 is 0 Å². The van der Waals surface area contributed by atoms with Gasteiger partial charge in [0.1, 0.15) is 23.9 Å². The molecule has 2 aliphatic heterocycles. The van der Waals surface area contributed by atoms with E-state index >= 15 is 0 Å². The molecule has 2 heterocycles. The van der Waals surface area contributed by atoms with Gasteiger partial charge in [-0.1, -0.05) is 42.1 Å². The van der Waals surface area contributed by atoms with Crippen LogP contribution in [0.4, 0.5) is 22.7 Å². The molecule has 224 valence electrons. The number of amides is 2. The number of rotatable bonds is 11. The first-order valence-electron chi connectivity index (χ1n) is 13.7. The second-order valence-electron chi connectivity index (χ2n) is 9.58. The minimum absolute atomic E-state index is 0.0567. The van der Waals surface area contributed by atoms with E-state index in [-0.39, 0.29) is 18.4 Å². The van der Waals surface area contributed by atoms with Crippen molar-refractivity contribution in [3.63, 3.8) is 0 Å². The molecule has 2 amide bonds. The Morgan fingerprint density at radius 1 is 1.07 bits per heavy atom. The zero-order valence-corrected chi connectivity index (χ0v) is 26.4. The topological polar surface area (TPSA) is 95.5 Å². The molecule has 1 fully saturated rings. The number of aliphatic imine (C=N–C) groups is 1. The number of alkyl halides is 1. The van der Waals surface area contributed by atoms with Gasteiger partial charge in [-0.3, -0.25) is 14.5 Å². The molecule has 12 heteroatoms. The quantitative estimate of drug-likeness (QED) is 0.182. The summed E-state index contributed by atoms with van der Waals surface area (Å²) in [6.07, 6.45) is 0. The van der Waals surface area contributed by atoms with Crippen molar-refractivity contribution in [2.24, 2.45) is 4.99 Å². The maximum absolute atomic E-state index is 14.1. The zero-order valence-electron chi connectivity index (χ0n) is 24.1. The average molecular weight is 638 g/mol. The van der Waals surface area contributed by atoms with Crippen LogP contribution in [-0.4, -0.2) is 61.7 Å². The molecule has 0 spiro atoms. The van der Waals surface area contributed by atoms with Crippen LogP contribution in [0.25, 0.3) is 0 Å². The van der Waals surface area contributed by atoms with Crippen molar-refractivity contribution in [3.05, 3.63) is 82.2 Å². The highest BCUT2D eigenvalue weighted by molar-refractivity contribution is 8.19. The summed E-state index contributed by atoms with van der Waals surface area (Å²) in [6.45, 7) is 3.40. The van der Waals surface area contributed by atoms with E-state index in [1.165, 1.54) is 18.9 Å². The van der Waals surface area contributed by atoms with E-state index in [9.17, 15) is 9.59 Å². The molecule has 9 nitrogen and oxygen atoms in total. The van der Waals surface area contributed by atoms with Gasteiger partial charge in [-0.25, -0.2) is 4.99 Å². The van der Waals surface area contributed by atoms with Crippen LogP contribution >= 0.6 is 35.1 Å². The van der Waals surface area contributed by atoms with Gasteiger partial charge in [0.25, 0.3) is 5.91 Å². The number of hydrogen-bond acceptors (Lipinski definition) is 9. The number of nitrogens with one attached hydrogen (secondary N) is 2. The molecule has 0 aromatic heterocycles. The fraction of sp³-hybridized carbons (Fsp3) is 0.258. The summed E-state index contributed by atoms with van der Waals surface area (Å²) >= 11 is 8.70. The Kier molecular flexibility index (Phi) is 10.2. The third-order valence-electron chi connectivity index (χ3n) is 6.53. The molecule has 2 aliphatic rings. The van der Waals surface area contributed by atoms with E-state index in [2.05, 4.69) is 10.6 Å². The van der Waals surface area contributed by atoms with E-state index in [1.54, 1.807) is 22.7 Å². The Hall–Kier alpha value is -3.64. The van der Waals surface area contributed by atoms with Crippen molar-refractivity contribution in [3.8, 4) is 5.75 Å². The van der Waals surface area contributed by atoms with Gasteiger partial charge < -0.3 is 25.0 Å². The van der Waals surface area contributed by atoms with Gasteiger partial charge in [-0.2, -0.15) is 0 Å². The second-order valence-corrected chi connectivity index (χ2v) is 12.0. The van der Waals surface area contributed by atoms with Gasteiger partial charge in [-0.05, 0) is 54.6 Å². The van der Waals surface area contributed by atoms with Crippen molar-refractivity contribution >= 4 is 74.9 Å². The van der Waals surface area contributed by atoms with E-state index < -0.39 is 0 Å². The van der Waals surface area contributed by atoms with Gasteiger partial charge in [0.05, 0.1) is 34.5 Å². The number of nitrogens with zero attached hydrogens (tertiary/aromatic N) is 3. The highest BCUT2D eigenvalue weighted by Gasteiger charge is 2.39. The molecule has 0 radical (unpaired) electrons. The SMILES string of the molecule is CCNc1ccc(NC(=O)COC)cc1/N=C1/S/C(=C2\Sc3ccc(OCCCl)cc3N2C)C(=O)N1Cc1ccccc1. The van der Waals surface area contributed by atoms with Crippen LogP contribution in [0, 0.1) is 0 Å². The maximum Gasteiger partial charge on any atom is 0.269 e. The van der Waals surface area contributed by atoms with Crippen LogP contribution < -0.4 is 20.3 Å². The van der Waals surface area contributed by atoms with Crippen LogP contribution in [0.2, 0.25) is 0 Å². The number of fused-ring (bicyclic) bond motifs is 1. The minimum atomic E-state index is -0.266. The second kappa shape index (κ2) is 14.2. The number of hydrogen-bond donors (Lipinski definition) is 2. The standard InChI is InChI=1S/C31H32ClN5O4S2/c1-4-33-23-12-10-21(34-27(38)19-40-3)16-24(23)35-31-37(18-20-8-6-5-7-9-20)29(39)28(43-31)30-36(2)25-17-22(41-15-14-32)11-13-26(25)42-30/h5-13,16-17,33H,4,14-15,18-19H2,1-3H3,(H,34,38)/b30-28-,35-31+. The lowest BCUT2D eigenvalue weighted by molar-refractivity contribution is -0.122. The Morgan fingerprint density at radius 3 is 2.63 bits per heavy atom. The fourth-order valence-electron chi connectivity index (χ4n) is 4.57. The number of ether oxygens (including phenoxy) is 2. The summed E-state index contributed by atoms with van der Waals surface area (Å²) in [5.41, 5.74) is 3.92. The van der Waals surface area contributed by atoms with Crippen LogP contribution in [0.5, 0.6) is 5.75 Å². The molecule has 2 N–H and O–H groups in total. The smallest absolute Gasteiger partial charge is 0.269 e. The number of anilines is 3. The summed E-state index contributed by atoms with van der Waals surface area (Å²) in [7, 11) is 3.42. The van der Waals surface area contributed by atoms with Crippen LogP contribution in [0.1, 0.15) is 12.5 Å². The Morgan fingerprint density at radius 2 is 1.88 bits per heavy atom.